The van der Waals surface area contributed by atoms with Crippen LogP contribution < -0.4 is 21.1 Å². The number of aryl methyl sites for hydroxylation is 1. The molecule has 0 spiro atoms. The van der Waals surface area contributed by atoms with Crippen LogP contribution in [0.4, 0.5) is 23.0 Å². The fraction of sp³-hybridized carbons (Fsp3) is 0.120. The molecular formula is C25H21ClN6O2. The van der Waals surface area contributed by atoms with E-state index in [0.717, 1.165) is 16.9 Å². The molecule has 0 fully saturated rings. The number of nitrogens with zero attached hydrogens (tertiary/aromatic N) is 5. The van der Waals surface area contributed by atoms with Gasteiger partial charge in [-0.25, -0.2) is 4.98 Å². The molecule has 0 bridgehead atoms. The summed E-state index contributed by atoms with van der Waals surface area (Å²) in [5.41, 5.74) is 9.36. The second-order valence-electron chi connectivity index (χ2n) is 7.95. The van der Waals surface area contributed by atoms with Crippen molar-refractivity contribution in [1.82, 2.24) is 14.5 Å². The van der Waals surface area contributed by atoms with Gasteiger partial charge in [0.25, 0.3) is 11.5 Å². The molecule has 0 atom stereocenters. The molecule has 5 rings (SSSR count). The van der Waals surface area contributed by atoms with Crippen LogP contribution in [0.15, 0.2) is 72.2 Å². The first-order valence-electron chi connectivity index (χ1n) is 10.6. The monoisotopic (exact) mass is 472 g/mol. The lowest BCUT2D eigenvalue weighted by atomic mass is 10.1. The number of benzene rings is 2. The van der Waals surface area contributed by atoms with Gasteiger partial charge in [-0.15, -0.1) is 0 Å². The maximum Gasteiger partial charge on any atom is 0.280 e. The first-order chi connectivity index (χ1) is 16.4. The number of rotatable bonds is 3. The van der Waals surface area contributed by atoms with Crippen molar-refractivity contribution in [3.63, 3.8) is 0 Å². The molecule has 3 heterocycles. The van der Waals surface area contributed by atoms with E-state index in [1.54, 1.807) is 41.4 Å². The summed E-state index contributed by atoms with van der Waals surface area (Å²) < 4.78 is 1.49. The second kappa shape index (κ2) is 8.31. The number of amides is 1. The number of hydrogen-bond donors (Lipinski definition) is 1. The molecule has 2 aromatic heterocycles. The number of aromatic nitrogens is 3. The maximum absolute atomic E-state index is 14.0. The van der Waals surface area contributed by atoms with Crippen molar-refractivity contribution in [1.29, 1.82) is 0 Å². The van der Waals surface area contributed by atoms with E-state index in [4.69, 9.17) is 17.3 Å². The smallest absolute Gasteiger partial charge is 0.280 e. The van der Waals surface area contributed by atoms with Crippen molar-refractivity contribution in [3.8, 4) is 5.69 Å². The van der Waals surface area contributed by atoms with E-state index < -0.39 is 0 Å². The Morgan fingerprint density at radius 3 is 2.71 bits per heavy atom. The molecule has 2 N–H and O–H groups in total. The maximum atomic E-state index is 14.0. The summed E-state index contributed by atoms with van der Waals surface area (Å²) in [6.45, 7) is 6.38. The minimum atomic E-state index is -0.288. The van der Waals surface area contributed by atoms with Gasteiger partial charge in [0.2, 0.25) is 5.95 Å². The molecule has 170 valence electrons. The third kappa shape index (κ3) is 3.48. The zero-order chi connectivity index (χ0) is 24.0. The Morgan fingerprint density at radius 2 is 1.94 bits per heavy atom. The molecule has 0 saturated carbocycles. The Kier molecular flexibility index (Phi) is 5.30. The molecule has 1 amide bonds. The third-order valence-corrected chi connectivity index (χ3v) is 6.10. The highest BCUT2D eigenvalue weighted by molar-refractivity contribution is 6.30. The minimum absolute atomic E-state index is 0.0629. The van der Waals surface area contributed by atoms with E-state index in [2.05, 4.69) is 16.5 Å². The number of halogens is 1. The Hall–Kier alpha value is -4.17. The van der Waals surface area contributed by atoms with Crippen LogP contribution in [0, 0.1) is 6.92 Å². The van der Waals surface area contributed by atoms with Crippen LogP contribution in [0.2, 0.25) is 5.02 Å². The zero-order valence-electron chi connectivity index (χ0n) is 18.4. The van der Waals surface area contributed by atoms with Crippen LogP contribution in [-0.2, 0) is 4.79 Å². The fourth-order valence-corrected chi connectivity index (χ4v) is 4.55. The van der Waals surface area contributed by atoms with Crippen LogP contribution in [0.25, 0.3) is 16.7 Å². The van der Waals surface area contributed by atoms with E-state index in [1.165, 1.54) is 10.6 Å². The number of pyridine rings is 1. The Morgan fingerprint density at radius 1 is 1.15 bits per heavy atom. The number of carbonyl (C=O) groups excluding carboxylic acids is 1. The molecular weight excluding hydrogens is 452 g/mol. The molecule has 0 radical (unpaired) electrons. The second-order valence-corrected chi connectivity index (χ2v) is 8.38. The summed E-state index contributed by atoms with van der Waals surface area (Å²) in [6.07, 6.45) is 2.89. The van der Waals surface area contributed by atoms with Gasteiger partial charge in [0, 0.05) is 29.7 Å². The lowest BCUT2D eigenvalue weighted by Crippen LogP contribution is -2.43. The molecule has 8 nitrogen and oxygen atoms in total. The van der Waals surface area contributed by atoms with Crippen LogP contribution in [-0.4, -0.2) is 33.5 Å². The van der Waals surface area contributed by atoms with Gasteiger partial charge < -0.3 is 15.5 Å². The normalized spacial score (nSPS) is 13.1. The van der Waals surface area contributed by atoms with Gasteiger partial charge in [-0.2, -0.15) is 4.98 Å². The van der Waals surface area contributed by atoms with Gasteiger partial charge in [0.15, 0.2) is 5.65 Å². The lowest BCUT2D eigenvalue weighted by Gasteiger charge is -2.38. The van der Waals surface area contributed by atoms with E-state index >= 15 is 0 Å². The highest BCUT2D eigenvalue weighted by Crippen LogP contribution is 2.39. The molecule has 9 heteroatoms. The molecule has 2 aromatic carbocycles. The van der Waals surface area contributed by atoms with Gasteiger partial charge >= 0.3 is 0 Å². The number of nitrogens with two attached hydrogens (primary N) is 1. The lowest BCUT2D eigenvalue weighted by molar-refractivity contribution is -0.114. The highest BCUT2D eigenvalue weighted by Gasteiger charge is 2.30. The molecule has 1 aliphatic heterocycles. The quantitative estimate of drug-likeness (QED) is 0.453. The molecule has 1 aliphatic rings. The number of hydrogen-bond acceptors (Lipinski definition) is 6. The Balaban J connectivity index is 1.79. The molecule has 34 heavy (non-hydrogen) atoms. The molecule has 0 aliphatic carbocycles. The fourth-order valence-electron chi connectivity index (χ4n) is 4.37. The molecule has 0 unspecified atom stereocenters. The largest absolute Gasteiger partial charge is 0.368 e. The number of nitrogen functional groups attached to an aromatic ring is 1. The number of anilines is 4. The van der Waals surface area contributed by atoms with E-state index in [9.17, 15) is 9.59 Å². The Labute approximate surface area is 200 Å². The van der Waals surface area contributed by atoms with Crippen LogP contribution in [0.1, 0.15) is 5.56 Å². The first kappa shape index (κ1) is 21.7. The van der Waals surface area contributed by atoms with Crippen LogP contribution in [0.3, 0.4) is 0 Å². The van der Waals surface area contributed by atoms with Gasteiger partial charge in [-0.3, -0.25) is 14.2 Å². The van der Waals surface area contributed by atoms with E-state index in [0.29, 0.717) is 40.5 Å². The first-order valence-corrected chi connectivity index (χ1v) is 11.0. The summed E-state index contributed by atoms with van der Waals surface area (Å²) >= 11 is 6.23. The van der Waals surface area contributed by atoms with Crippen molar-refractivity contribution in [2.24, 2.45) is 0 Å². The van der Waals surface area contributed by atoms with Gasteiger partial charge in [0.1, 0.15) is 5.69 Å². The van der Waals surface area contributed by atoms with E-state index in [1.807, 2.05) is 30.0 Å². The average Bonchev–Trinajstić information content (AvgIpc) is 2.83. The SMILES string of the molecule is C=CC(=O)N1CCN(c2cc3cnc(N)nc3n(-c3cccc(Cl)c3)c2=O)c2cccc(C)c21. The summed E-state index contributed by atoms with van der Waals surface area (Å²) in [5.74, 6) is -0.123. The topological polar surface area (TPSA) is 97.3 Å². The van der Waals surface area contributed by atoms with Gasteiger partial charge in [-0.1, -0.05) is 36.4 Å². The predicted molar refractivity (Wildman–Crippen MR) is 135 cm³/mol. The Bertz CT molecular complexity index is 1530. The third-order valence-electron chi connectivity index (χ3n) is 5.86. The summed E-state index contributed by atoms with van der Waals surface area (Å²) in [7, 11) is 0. The van der Waals surface area contributed by atoms with Crippen molar-refractivity contribution >= 4 is 51.6 Å². The average molecular weight is 473 g/mol. The summed E-state index contributed by atoms with van der Waals surface area (Å²) in [5, 5.41) is 1.13. The van der Waals surface area contributed by atoms with Crippen molar-refractivity contribution in [3.05, 3.63) is 88.3 Å². The standard InChI is InChI=1S/C25H21ClN6O2/c1-3-21(33)31-11-10-30(19-9-4-6-15(2)22(19)31)20-12-16-14-28-25(27)29-23(16)32(24(20)34)18-8-5-7-17(26)13-18/h3-9,12-14H,1,10-11H2,2H3,(H2,27,28,29). The minimum Gasteiger partial charge on any atom is -0.368 e. The highest BCUT2D eigenvalue weighted by atomic mass is 35.5. The summed E-state index contributed by atoms with van der Waals surface area (Å²) in [6, 6.07) is 14.5. The van der Waals surface area contributed by atoms with Gasteiger partial charge in [0.05, 0.1) is 17.1 Å². The number of carbonyl (C=O) groups is 1. The number of para-hydroxylation sites is 1. The van der Waals surface area contributed by atoms with Crippen molar-refractivity contribution in [2.45, 2.75) is 6.92 Å². The molecule has 0 saturated heterocycles. The van der Waals surface area contributed by atoms with Crippen LogP contribution in [0.5, 0.6) is 0 Å². The predicted octanol–water partition coefficient (Wildman–Crippen LogP) is 4.00. The van der Waals surface area contributed by atoms with E-state index in [-0.39, 0.29) is 17.4 Å². The molecule has 4 aromatic rings. The van der Waals surface area contributed by atoms with Crippen molar-refractivity contribution in [2.75, 3.05) is 28.6 Å². The van der Waals surface area contributed by atoms with Crippen LogP contribution >= 0.6 is 11.6 Å². The van der Waals surface area contributed by atoms with Crippen molar-refractivity contribution < 1.29 is 4.79 Å². The van der Waals surface area contributed by atoms with Gasteiger partial charge in [-0.05, 0) is 48.9 Å². The zero-order valence-corrected chi connectivity index (χ0v) is 19.2. The number of fused-ring (bicyclic) bond motifs is 2. The summed E-state index contributed by atoms with van der Waals surface area (Å²) in [4.78, 5) is 38.6.